The van der Waals surface area contributed by atoms with Gasteiger partial charge >= 0.3 is 145 Å². The average molecular weight is 620 g/mol. The number of rotatable bonds is 6. The summed E-state index contributed by atoms with van der Waals surface area (Å²) >= 11 is -7.57. The summed E-state index contributed by atoms with van der Waals surface area (Å²) < 4.78 is 34.7. The Balaban J connectivity index is 2.73. The van der Waals surface area contributed by atoms with E-state index in [2.05, 4.69) is 44.5 Å². The molecule has 0 saturated carbocycles. The fourth-order valence-corrected chi connectivity index (χ4v) is 7.30. The topological polar surface area (TPSA) is 55.4 Å². The van der Waals surface area contributed by atoms with Crippen molar-refractivity contribution in [2.24, 2.45) is 0 Å². The first-order valence-corrected chi connectivity index (χ1v) is 36.4. The van der Waals surface area contributed by atoms with Crippen molar-refractivity contribution in [3.05, 3.63) is 0 Å². The zero-order valence-electron chi connectivity index (χ0n) is 14.7. The van der Waals surface area contributed by atoms with Crippen molar-refractivity contribution in [1.29, 1.82) is 0 Å². The Labute approximate surface area is 144 Å². The minimum absolute atomic E-state index is 0.758. The van der Waals surface area contributed by atoms with E-state index in [1.165, 1.54) is 0 Å². The van der Waals surface area contributed by atoms with Gasteiger partial charge in [0.2, 0.25) is 0 Å². The Kier molecular flexibility index (Phi) is 8.31. The second-order valence-corrected chi connectivity index (χ2v) is 46.2. The molecule has 0 aromatic heterocycles. The first kappa shape index (κ1) is 21.4. The van der Waals surface area contributed by atoms with E-state index in [-0.39, 0.29) is 0 Å². The van der Waals surface area contributed by atoms with Crippen LogP contribution < -0.4 is 0 Å². The maximum absolute atomic E-state index is 5.94. The van der Waals surface area contributed by atoms with Gasteiger partial charge in [0.15, 0.2) is 0 Å². The van der Waals surface area contributed by atoms with Crippen LogP contribution in [0.15, 0.2) is 0 Å². The third kappa shape index (κ3) is 10.7. The van der Waals surface area contributed by atoms with Crippen molar-refractivity contribution in [3.63, 3.8) is 0 Å². The van der Waals surface area contributed by atoms with Crippen LogP contribution in [0.3, 0.4) is 0 Å². The molecule has 1 rings (SSSR count). The van der Waals surface area contributed by atoms with Gasteiger partial charge in [-0.05, 0) is 0 Å². The van der Waals surface area contributed by atoms with E-state index in [4.69, 9.17) is 22.7 Å². The summed E-state index contributed by atoms with van der Waals surface area (Å²) in [5.41, 5.74) is 0. The van der Waals surface area contributed by atoms with Crippen LogP contribution in [0.25, 0.3) is 0 Å². The van der Waals surface area contributed by atoms with Gasteiger partial charge in [0.25, 0.3) is 0 Å². The Morgan fingerprint density at radius 1 is 0.476 bits per heavy atom. The van der Waals surface area contributed by atoms with Crippen LogP contribution in [0.2, 0.25) is 44.5 Å². The van der Waals surface area contributed by atoms with E-state index in [0.717, 1.165) is 0 Å². The fourth-order valence-electron chi connectivity index (χ4n) is 1.40. The van der Waals surface area contributed by atoms with Crippen molar-refractivity contribution in [2.75, 3.05) is 0 Å². The summed E-state index contributed by atoms with van der Waals surface area (Å²) in [7, 11) is -2.27. The Hall–Kier alpha value is 2.35. The molecule has 0 amide bonds. The molecule has 120 valence electrons. The minimum atomic E-state index is -2.52. The predicted octanol–water partition coefficient (Wildman–Crippen LogP) is 2.56. The molecule has 0 N–H and O–H groups in total. The van der Waals surface area contributed by atoms with Crippen LogP contribution in [0.1, 0.15) is 0 Å². The third-order valence-electron chi connectivity index (χ3n) is 2.02. The van der Waals surface area contributed by atoms with Crippen molar-refractivity contribution < 1.29 is 22.7 Å². The zero-order valence-corrected chi connectivity index (χ0v) is 23.2. The quantitative estimate of drug-likeness (QED) is 0.427. The summed E-state index contributed by atoms with van der Waals surface area (Å²) in [6, 6.07) is 0. The molecule has 0 aromatic carbocycles. The van der Waals surface area contributed by atoms with Crippen LogP contribution in [0.5, 0.6) is 0 Å². The van der Waals surface area contributed by atoms with Crippen LogP contribution in [0, 0.1) is 0 Å². The molecular weight excluding hydrogens is 593 g/mol. The van der Waals surface area contributed by atoms with Crippen LogP contribution in [-0.4, -0.2) is 78.3 Å². The summed E-state index contributed by atoms with van der Waals surface area (Å²) in [6.07, 6.45) is 0. The van der Waals surface area contributed by atoms with Gasteiger partial charge in [0, 0.05) is 0 Å². The molecule has 0 spiro atoms. The molecule has 1 saturated heterocycles. The number of hydrogen-bond acceptors (Lipinski definition) is 6. The summed E-state index contributed by atoms with van der Waals surface area (Å²) in [5, 5.41) is 0. The molecule has 0 bridgehead atoms. The molecule has 0 aliphatic carbocycles. The second kappa shape index (κ2) is 8.15. The molecule has 0 aromatic rings. The average Bonchev–Trinajstić information content (AvgIpc) is 2.06. The standard InChI is InChI=1S/9CH3.B3O6.3Sn/c;;;;;;;;;4-1-7-2(5)9-3(6)8-1;;;/h9*1H3;;;;/q;;;;;;;;;-3;3*+1. The van der Waals surface area contributed by atoms with Gasteiger partial charge in [0.1, 0.15) is 0 Å². The first-order valence-electron chi connectivity index (χ1n) is 7.23. The summed E-state index contributed by atoms with van der Waals surface area (Å²) in [5.74, 6) is 0. The Morgan fingerprint density at radius 2 is 0.667 bits per heavy atom. The Bertz CT molecular complexity index is 285. The molecule has 1 heterocycles. The van der Waals surface area contributed by atoms with E-state index in [1.807, 2.05) is 0 Å². The Morgan fingerprint density at radius 3 is 0.810 bits per heavy atom. The molecule has 1 fully saturated rings. The van der Waals surface area contributed by atoms with Crippen LogP contribution in [-0.2, 0) is 22.7 Å². The SMILES string of the molecule is [CH3][Sn]([CH3])([CH3])[O]B1OB([O][Sn]([CH3])([CH3])[CH3])OB([O][Sn]([CH3])([CH3])[CH3])O1. The molecule has 1 aliphatic heterocycles. The van der Waals surface area contributed by atoms with Gasteiger partial charge in [-0.3, -0.25) is 0 Å². The normalized spacial score (nSPS) is 18.4. The summed E-state index contributed by atoms with van der Waals surface area (Å²) in [4.78, 5) is 19.3. The molecule has 6 nitrogen and oxygen atoms in total. The molecule has 1 aliphatic rings. The third-order valence-corrected chi connectivity index (χ3v) is 9.72. The van der Waals surface area contributed by atoms with Gasteiger partial charge in [0.05, 0.1) is 0 Å². The predicted molar refractivity (Wildman–Crippen MR) is 93.8 cm³/mol. The van der Waals surface area contributed by atoms with E-state index < -0.39 is 78.3 Å². The van der Waals surface area contributed by atoms with Gasteiger partial charge < -0.3 is 0 Å². The van der Waals surface area contributed by atoms with E-state index in [9.17, 15) is 0 Å². The van der Waals surface area contributed by atoms with E-state index in [1.54, 1.807) is 0 Å². The maximum atomic E-state index is 5.94. The van der Waals surface area contributed by atoms with Crippen molar-refractivity contribution in [1.82, 2.24) is 0 Å². The summed E-state index contributed by atoms with van der Waals surface area (Å²) in [6.45, 7) is 0. The van der Waals surface area contributed by atoms with Crippen molar-refractivity contribution in [2.45, 2.75) is 44.5 Å². The van der Waals surface area contributed by atoms with Crippen molar-refractivity contribution >= 4 is 78.3 Å². The monoisotopic (exact) mass is 624 g/mol. The van der Waals surface area contributed by atoms with Gasteiger partial charge in [-0.2, -0.15) is 0 Å². The van der Waals surface area contributed by atoms with Crippen LogP contribution in [0.4, 0.5) is 0 Å². The van der Waals surface area contributed by atoms with Crippen molar-refractivity contribution in [3.8, 4) is 0 Å². The first-order chi connectivity index (χ1) is 9.23. The molecule has 21 heavy (non-hydrogen) atoms. The van der Waals surface area contributed by atoms with Gasteiger partial charge in [-0.1, -0.05) is 0 Å². The molecular formula is C9H27B3O6Sn3. The van der Waals surface area contributed by atoms with Crippen LogP contribution >= 0.6 is 0 Å². The zero-order chi connectivity index (χ0) is 16.5. The molecule has 0 unspecified atom stereocenters. The molecule has 0 radical (unpaired) electrons. The van der Waals surface area contributed by atoms with Gasteiger partial charge in [-0.25, -0.2) is 0 Å². The van der Waals surface area contributed by atoms with Gasteiger partial charge in [-0.15, -0.1) is 0 Å². The van der Waals surface area contributed by atoms with E-state index in [0.29, 0.717) is 0 Å². The fraction of sp³-hybridized carbons (Fsp3) is 1.00. The van der Waals surface area contributed by atoms with E-state index >= 15 is 0 Å². The number of hydrogen-bond donors (Lipinski definition) is 0. The second-order valence-electron chi connectivity index (χ2n) is 7.96. The molecule has 0 atom stereocenters. The molecule has 12 heteroatoms.